The highest BCUT2D eigenvalue weighted by atomic mass is 16.4. The molecule has 0 aliphatic heterocycles. The number of carboxylic acid groups (broad SMARTS) is 1. The molecule has 0 aliphatic rings. The number of nitrogens with one attached hydrogen (secondary N) is 6. The first-order valence-electron chi connectivity index (χ1n) is 18.1. The van der Waals surface area contributed by atoms with E-state index in [1.807, 2.05) is 0 Å². The minimum absolute atomic E-state index is 0.00889. The topological polar surface area (TPSA) is 319 Å². The highest BCUT2D eigenvalue weighted by molar-refractivity contribution is 5.97. The molecule has 3 aromatic rings. The molecule has 19 heteroatoms. The Kier molecular flexibility index (Phi) is 18.2. The summed E-state index contributed by atoms with van der Waals surface area (Å²) >= 11 is 0. The number of benzene rings is 3. The van der Waals surface area contributed by atoms with E-state index >= 15 is 0 Å². The van der Waals surface area contributed by atoms with Gasteiger partial charge >= 0.3 is 5.97 Å². The first kappa shape index (κ1) is 46.0. The fourth-order valence-electron chi connectivity index (χ4n) is 5.56. The Morgan fingerprint density at radius 2 is 0.914 bits per heavy atom. The van der Waals surface area contributed by atoms with Crippen molar-refractivity contribution < 1.29 is 59.1 Å². The van der Waals surface area contributed by atoms with Gasteiger partial charge in [0.25, 0.3) is 0 Å². The van der Waals surface area contributed by atoms with Gasteiger partial charge in [0.15, 0.2) is 0 Å². The Morgan fingerprint density at radius 3 is 1.34 bits per heavy atom. The molecular weight excluding hydrogens is 758 g/mol. The van der Waals surface area contributed by atoms with E-state index in [1.165, 1.54) is 31.2 Å². The van der Waals surface area contributed by atoms with E-state index in [0.29, 0.717) is 16.7 Å². The lowest BCUT2D eigenvalue weighted by Crippen LogP contribution is -2.62. The van der Waals surface area contributed by atoms with E-state index in [0.717, 1.165) is 0 Å². The van der Waals surface area contributed by atoms with E-state index in [9.17, 15) is 59.1 Å². The van der Waals surface area contributed by atoms with Crippen molar-refractivity contribution in [1.82, 2.24) is 31.9 Å². The number of phenolic OH excluding ortho intramolecular Hbond substituents is 1. The molecule has 0 bridgehead atoms. The zero-order valence-corrected chi connectivity index (χ0v) is 31.5. The zero-order valence-electron chi connectivity index (χ0n) is 31.5. The van der Waals surface area contributed by atoms with Gasteiger partial charge in [-0.1, -0.05) is 72.8 Å². The van der Waals surface area contributed by atoms with Gasteiger partial charge in [0.1, 0.15) is 42.0 Å². The van der Waals surface area contributed by atoms with Crippen molar-refractivity contribution in [2.45, 2.75) is 68.5 Å². The molecule has 0 saturated heterocycles. The first-order chi connectivity index (χ1) is 27.6. The van der Waals surface area contributed by atoms with Crippen molar-refractivity contribution in [3.63, 3.8) is 0 Å². The Hall–Kier alpha value is -6.41. The van der Waals surface area contributed by atoms with E-state index in [2.05, 4.69) is 31.9 Å². The number of aliphatic hydroxyl groups is 3. The van der Waals surface area contributed by atoms with E-state index in [1.54, 1.807) is 60.7 Å². The van der Waals surface area contributed by atoms with E-state index in [4.69, 9.17) is 5.73 Å². The van der Waals surface area contributed by atoms with Gasteiger partial charge in [-0.3, -0.25) is 28.8 Å². The number of aliphatic carboxylic acids is 1. The Balaban J connectivity index is 1.76. The fraction of sp³-hybridized carbons (Fsp3) is 0.359. The predicted octanol–water partition coefficient (Wildman–Crippen LogP) is -3.26. The van der Waals surface area contributed by atoms with Crippen molar-refractivity contribution in [3.05, 3.63) is 102 Å². The minimum atomic E-state index is -1.76. The van der Waals surface area contributed by atoms with Crippen LogP contribution in [0.25, 0.3) is 0 Å². The van der Waals surface area contributed by atoms with Crippen LogP contribution in [0.4, 0.5) is 0 Å². The molecule has 0 radical (unpaired) electrons. The van der Waals surface area contributed by atoms with Crippen LogP contribution in [-0.2, 0) is 52.8 Å². The fourth-order valence-corrected chi connectivity index (χ4v) is 5.56. The summed E-state index contributed by atoms with van der Waals surface area (Å²) in [5, 5.41) is 63.8. The third kappa shape index (κ3) is 14.6. The van der Waals surface area contributed by atoms with Crippen LogP contribution in [0.15, 0.2) is 84.9 Å². The molecular formula is C39H49N7O12. The quantitative estimate of drug-likeness (QED) is 0.0475. The summed E-state index contributed by atoms with van der Waals surface area (Å²) in [6.07, 6.45) is -1.90. The number of aliphatic hydroxyl groups excluding tert-OH is 3. The molecule has 7 atom stereocenters. The largest absolute Gasteiger partial charge is 0.508 e. The molecule has 6 amide bonds. The second-order valence-electron chi connectivity index (χ2n) is 13.2. The maximum atomic E-state index is 13.7. The van der Waals surface area contributed by atoms with Crippen LogP contribution >= 0.6 is 0 Å². The van der Waals surface area contributed by atoms with Crippen LogP contribution in [0.3, 0.4) is 0 Å². The third-order valence-electron chi connectivity index (χ3n) is 8.72. The van der Waals surface area contributed by atoms with Gasteiger partial charge in [-0.15, -0.1) is 0 Å². The summed E-state index contributed by atoms with van der Waals surface area (Å²) in [7, 11) is 0. The molecule has 3 aromatic carbocycles. The predicted molar refractivity (Wildman–Crippen MR) is 206 cm³/mol. The van der Waals surface area contributed by atoms with E-state index < -0.39 is 104 Å². The summed E-state index contributed by atoms with van der Waals surface area (Å²) in [5.74, 6) is -7.28. The summed E-state index contributed by atoms with van der Waals surface area (Å²) in [6.45, 7) is -1.24. The van der Waals surface area contributed by atoms with Crippen LogP contribution in [0.5, 0.6) is 5.75 Å². The van der Waals surface area contributed by atoms with Crippen LogP contribution in [0, 0.1) is 0 Å². The lowest BCUT2D eigenvalue weighted by molar-refractivity contribution is -0.142. The highest BCUT2D eigenvalue weighted by Crippen LogP contribution is 2.12. The van der Waals surface area contributed by atoms with Crippen LogP contribution in [0.1, 0.15) is 23.6 Å². The van der Waals surface area contributed by atoms with Gasteiger partial charge in [0, 0.05) is 19.3 Å². The van der Waals surface area contributed by atoms with Gasteiger partial charge in [0.05, 0.1) is 25.9 Å². The van der Waals surface area contributed by atoms with Crippen molar-refractivity contribution >= 4 is 41.4 Å². The molecule has 3 rings (SSSR count). The van der Waals surface area contributed by atoms with Crippen LogP contribution in [0.2, 0.25) is 0 Å². The second kappa shape index (κ2) is 23.0. The smallest absolute Gasteiger partial charge is 0.326 e. The van der Waals surface area contributed by atoms with Crippen molar-refractivity contribution in [3.8, 4) is 5.75 Å². The number of aromatic hydroxyl groups is 1. The van der Waals surface area contributed by atoms with E-state index in [-0.39, 0.29) is 25.0 Å². The molecule has 0 aliphatic carbocycles. The normalized spacial score (nSPS) is 14.5. The number of phenols is 1. The molecule has 0 unspecified atom stereocenters. The minimum Gasteiger partial charge on any atom is -0.508 e. The summed E-state index contributed by atoms with van der Waals surface area (Å²) in [4.78, 5) is 91.1. The molecule has 312 valence electrons. The van der Waals surface area contributed by atoms with Crippen LogP contribution in [-0.4, -0.2) is 129 Å². The number of carbonyl (C=O) groups is 7. The number of carboxylic acids is 1. The summed E-state index contributed by atoms with van der Waals surface area (Å²) in [5.41, 5.74) is 7.09. The molecule has 0 heterocycles. The Morgan fingerprint density at radius 1 is 0.534 bits per heavy atom. The monoisotopic (exact) mass is 807 g/mol. The van der Waals surface area contributed by atoms with Crippen molar-refractivity contribution in [1.29, 1.82) is 0 Å². The van der Waals surface area contributed by atoms with Gasteiger partial charge in [0.2, 0.25) is 35.4 Å². The number of carbonyl (C=O) groups excluding carboxylic acids is 6. The maximum absolute atomic E-state index is 13.7. The van der Waals surface area contributed by atoms with Crippen molar-refractivity contribution in [2.24, 2.45) is 5.73 Å². The average molecular weight is 808 g/mol. The summed E-state index contributed by atoms with van der Waals surface area (Å²) < 4.78 is 0. The number of hydrogen-bond acceptors (Lipinski definition) is 12. The number of rotatable bonds is 22. The van der Waals surface area contributed by atoms with Crippen molar-refractivity contribution in [2.75, 3.05) is 19.8 Å². The number of nitrogens with two attached hydrogens (primary N) is 1. The molecule has 58 heavy (non-hydrogen) atoms. The Labute approximate surface area is 333 Å². The lowest BCUT2D eigenvalue weighted by atomic mass is 10.0. The first-order valence-corrected chi connectivity index (χ1v) is 18.1. The molecule has 0 spiro atoms. The highest BCUT2D eigenvalue weighted by Gasteiger charge is 2.35. The van der Waals surface area contributed by atoms with Gasteiger partial charge in [-0.05, 0) is 35.7 Å². The number of hydrogen-bond donors (Lipinski definition) is 12. The average Bonchev–Trinajstić information content (AvgIpc) is 3.21. The molecule has 0 saturated carbocycles. The SMILES string of the molecule is C[C@@H](O)[C@H](NC(=O)[C@H](Cc1ccccc1)NC(=O)CN)C(=O)N[C@@H](Cc1ccccc1)C(=O)N[C@@H](CO)C(=O)N[C@@H](CO)C(=O)N[C@@H](Cc1ccc(O)cc1)C(=O)O. The third-order valence-corrected chi connectivity index (χ3v) is 8.72. The van der Waals surface area contributed by atoms with Gasteiger partial charge in [-0.2, -0.15) is 0 Å². The standard InChI is InChI=1S/C39H49N7O12/c1-22(49)33(46-35(53)27(41-32(51)19-40)16-23-8-4-2-5-9-23)38(56)42-28(17-24-10-6-3-7-11-24)34(52)44-31(21-48)37(55)45-30(20-47)36(54)43-29(39(57)58)18-25-12-14-26(50)15-13-25/h2-15,22,27-31,33,47-50H,16-21,40H2,1H3,(H,41,51)(H,42,56)(H,43,54)(H,44,52)(H,45,55)(H,46,53)(H,57,58)/t22-,27+,28+,29+,30+,31+,33+/m1/s1. The molecule has 0 aromatic heterocycles. The second-order valence-corrected chi connectivity index (χ2v) is 13.2. The number of amides is 6. The lowest BCUT2D eigenvalue weighted by Gasteiger charge is -2.28. The molecule has 19 nitrogen and oxygen atoms in total. The zero-order chi connectivity index (χ0) is 42.8. The summed E-state index contributed by atoms with van der Waals surface area (Å²) in [6, 6.07) is 13.2. The maximum Gasteiger partial charge on any atom is 0.326 e. The van der Waals surface area contributed by atoms with Gasteiger partial charge in [-0.25, -0.2) is 4.79 Å². The molecule has 0 fully saturated rings. The molecule has 13 N–H and O–H groups in total. The Bertz CT molecular complexity index is 1850. The van der Waals surface area contributed by atoms with Gasteiger partial charge < -0.3 is 63.2 Å². The van der Waals surface area contributed by atoms with Crippen LogP contribution < -0.4 is 37.6 Å².